The second kappa shape index (κ2) is 8.39. The number of nitrogens with two attached hydrogens (primary N) is 1. The summed E-state index contributed by atoms with van der Waals surface area (Å²) in [5.41, 5.74) is 6.22. The van der Waals surface area contributed by atoms with E-state index >= 15 is 0 Å². The summed E-state index contributed by atoms with van der Waals surface area (Å²) in [6.45, 7) is 2.32. The number of halogens is 1. The van der Waals surface area contributed by atoms with Crippen LogP contribution in [0.3, 0.4) is 0 Å². The largest absolute Gasteiger partial charge is 0.346 e. The van der Waals surface area contributed by atoms with Crippen molar-refractivity contribution in [3.05, 3.63) is 36.2 Å². The van der Waals surface area contributed by atoms with Crippen LogP contribution in [0.25, 0.3) is 11.5 Å². The number of rotatable bonds is 6. The molecule has 1 aromatic heterocycles. The summed E-state index contributed by atoms with van der Waals surface area (Å²) in [4.78, 5) is 15.9. The highest BCUT2D eigenvalue weighted by Crippen LogP contribution is 2.18. The van der Waals surface area contributed by atoms with E-state index in [0.29, 0.717) is 31.1 Å². The van der Waals surface area contributed by atoms with Gasteiger partial charge in [0, 0.05) is 12.0 Å². The minimum Gasteiger partial charge on any atom is -0.346 e. The van der Waals surface area contributed by atoms with Gasteiger partial charge in [-0.2, -0.15) is 4.98 Å². The monoisotopic (exact) mass is 310 g/mol. The quantitative estimate of drug-likeness (QED) is 0.852. The molecule has 21 heavy (non-hydrogen) atoms. The maximum atomic E-state index is 11.6. The Morgan fingerprint density at radius 3 is 2.76 bits per heavy atom. The molecule has 1 unspecified atom stereocenters. The fourth-order valence-electron chi connectivity index (χ4n) is 1.75. The summed E-state index contributed by atoms with van der Waals surface area (Å²) in [5, 5.41) is 6.72. The van der Waals surface area contributed by atoms with E-state index in [-0.39, 0.29) is 24.4 Å². The van der Waals surface area contributed by atoms with Crippen LogP contribution in [0.2, 0.25) is 0 Å². The van der Waals surface area contributed by atoms with E-state index in [2.05, 4.69) is 15.5 Å². The Morgan fingerprint density at radius 2 is 2.10 bits per heavy atom. The predicted molar refractivity (Wildman–Crippen MR) is 81.8 cm³/mol. The zero-order valence-electron chi connectivity index (χ0n) is 11.8. The van der Waals surface area contributed by atoms with Crippen LogP contribution < -0.4 is 11.1 Å². The minimum absolute atomic E-state index is 0. The first-order valence-corrected chi connectivity index (χ1v) is 6.59. The van der Waals surface area contributed by atoms with E-state index in [9.17, 15) is 4.79 Å². The van der Waals surface area contributed by atoms with Gasteiger partial charge in [0.25, 0.3) is 5.89 Å². The highest BCUT2D eigenvalue weighted by molar-refractivity contribution is 5.85. The maximum absolute atomic E-state index is 11.6. The Bertz CT molecular complexity index is 559. The zero-order chi connectivity index (χ0) is 14.4. The first-order valence-electron chi connectivity index (χ1n) is 6.59. The fourth-order valence-corrected chi connectivity index (χ4v) is 1.75. The summed E-state index contributed by atoms with van der Waals surface area (Å²) >= 11 is 0. The van der Waals surface area contributed by atoms with E-state index in [4.69, 9.17) is 10.3 Å². The first kappa shape index (κ1) is 17.1. The van der Waals surface area contributed by atoms with E-state index < -0.39 is 0 Å². The van der Waals surface area contributed by atoms with Gasteiger partial charge in [-0.15, -0.1) is 12.4 Å². The third kappa shape index (κ3) is 4.84. The lowest BCUT2D eigenvalue weighted by Gasteiger charge is -2.09. The molecule has 0 saturated carbocycles. The molecule has 7 heteroatoms. The number of carbonyl (C=O) groups is 1. The summed E-state index contributed by atoms with van der Waals surface area (Å²) < 4.78 is 5.20. The zero-order valence-corrected chi connectivity index (χ0v) is 12.6. The Morgan fingerprint density at radius 1 is 1.38 bits per heavy atom. The van der Waals surface area contributed by atoms with E-state index in [1.165, 1.54) is 0 Å². The lowest BCUT2D eigenvalue weighted by Crippen LogP contribution is -2.27. The van der Waals surface area contributed by atoms with E-state index in [1.54, 1.807) is 0 Å². The second-order valence-electron chi connectivity index (χ2n) is 4.51. The number of hydrogen-bond donors (Lipinski definition) is 2. The smallest absolute Gasteiger partial charge is 0.257 e. The molecular weight excluding hydrogens is 292 g/mol. The van der Waals surface area contributed by atoms with Crippen molar-refractivity contribution in [3.8, 4) is 11.5 Å². The maximum Gasteiger partial charge on any atom is 0.257 e. The van der Waals surface area contributed by atoms with Crippen LogP contribution in [0, 0.1) is 0 Å². The molecule has 6 nitrogen and oxygen atoms in total. The van der Waals surface area contributed by atoms with Crippen LogP contribution in [-0.4, -0.2) is 22.6 Å². The van der Waals surface area contributed by atoms with Gasteiger partial charge in [0.05, 0.1) is 6.04 Å². The highest BCUT2D eigenvalue weighted by Gasteiger charge is 2.16. The number of benzene rings is 1. The molecule has 0 aliphatic heterocycles. The normalized spacial score (nSPS) is 11.5. The average Bonchev–Trinajstić information content (AvgIpc) is 2.96. The molecule has 2 rings (SSSR count). The van der Waals surface area contributed by atoms with Crippen molar-refractivity contribution in [2.75, 3.05) is 6.54 Å². The van der Waals surface area contributed by atoms with E-state index in [1.807, 2.05) is 37.3 Å². The Balaban J connectivity index is 0.00000220. The van der Waals surface area contributed by atoms with Crippen LogP contribution in [-0.2, 0) is 4.79 Å². The third-order valence-corrected chi connectivity index (χ3v) is 2.84. The molecule has 0 aliphatic rings. The Labute approximate surface area is 129 Å². The van der Waals surface area contributed by atoms with Crippen molar-refractivity contribution < 1.29 is 9.32 Å². The summed E-state index contributed by atoms with van der Waals surface area (Å²) in [7, 11) is 0. The fraction of sp³-hybridized carbons (Fsp3) is 0.357. The van der Waals surface area contributed by atoms with E-state index in [0.717, 1.165) is 5.56 Å². The summed E-state index contributed by atoms with van der Waals surface area (Å²) in [5.74, 6) is 0.850. The molecule has 114 valence electrons. The van der Waals surface area contributed by atoms with Crippen LogP contribution in [0.15, 0.2) is 34.9 Å². The molecule has 1 amide bonds. The summed E-state index contributed by atoms with van der Waals surface area (Å²) in [6, 6.07) is 9.21. The average molecular weight is 311 g/mol. The van der Waals surface area contributed by atoms with Crippen LogP contribution >= 0.6 is 12.4 Å². The molecular formula is C14H19ClN4O2. The van der Waals surface area contributed by atoms with Gasteiger partial charge >= 0.3 is 0 Å². The van der Waals surface area contributed by atoms with Crippen molar-refractivity contribution in [2.45, 2.75) is 25.8 Å². The molecule has 2 aromatic rings. The van der Waals surface area contributed by atoms with Gasteiger partial charge in [0.2, 0.25) is 5.91 Å². The van der Waals surface area contributed by atoms with Gasteiger partial charge in [-0.1, -0.05) is 23.4 Å². The number of hydrogen-bond acceptors (Lipinski definition) is 5. The van der Waals surface area contributed by atoms with Gasteiger partial charge in [-0.3, -0.25) is 4.79 Å². The lowest BCUT2D eigenvalue weighted by atomic mass is 10.2. The summed E-state index contributed by atoms with van der Waals surface area (Å²) in [6.07, 6.45) is 1.07. The number of nitrogens with one attached hydrogen (secondary N) is 1. The van der Waals surface area contributed by atoms with Crippen molar-refractivity contribution >= 4 is 18.3 Å². The molecule has 1 atom stereocenters. The molecule has 0 saturated heterocycles. The molecule has 0 spiro atoms. The molecule has 0 radical (unpaired) electrons. The van der Waals surface area contributed by atoms with Crippen molar-refractivity contribution in [1.82, 2.24) is 15.5 Å². The lowest BCUT2D eigenvalue weighted by molar-refractivity contribution is -0.121. The molecule has 0 bridgehead atoms. The van der Waals surface area contributed by atoms with Gasteiger partial charge in [-0.25, -0.2) is 0 Å². The highest BCUT2D eigenvalue weighted by atomic mass is 35.5. The predicted octanol–water partition coefficient (Wildman–Crippen LogP) is 2.07. The van der Waals surface area contributed by atoms with Crippen molar-refractivity contribution in [3.63, 3.8) is 0 Å². The number of amides is 1. The first-order chi connectivity index (χ1) is 9.70. The number of aromatic nitrogens is 2. The second-order valence-corrected chi connectivity index (χ2v) is 4.51. The topological polar surface area (TPSA) is 94.0 Å². The van der Waals surface area contributed by atoms with Gasteiger partial charge in [-0.05, 0) is 32.0 Å². The number of carbonyl (C=O) groups excluding carboxylic acids is 1. The minimum atomic E-state index is -0.290. The van der Waals surface area contributed by atoms with Gasteiger partial charge in [0.1, 0.15) is 0 Å². The standard InChI is InChI=1S/C14H18N4O2.ClH/c1-10(16-12(19)8-5-9-15)13-17-14(20-18-13)11-6-3-2-4-7-11;/h2-4,6-7,10H,5,8-9,15H2,1H3,(H,16,19);1H. The van der Waals surface area contributed by atoms with Crippen molar-refractivity contribution in [1.29, 1.82) is 0 Å². The molecule has 0 aliphatic carbocycles. The Hall–Kier alpha value is -1.92. The molecule has 3 N–H and O–H groups in total. The van der Waals surface area contributed by atoms with Crippen LogP contribution in [0.1, 0.15) is 31.6 Å². The van der Waals surface area contributed by atoms with Gasteiger partial charge < -0.3 is 15.6 Å². The van der Waals surface area contributed by atoms with Crippen molar-refractivity contribution in [2.24, 2.45) is 5.73 Å². The SMILES string of the molecule is CC(NC(=O)CCCN)c1noc(-c2ccccc2)n1.Cl. The molecule has 1 heterocycles. The van der Waals surface area contributed by atoms with Gasteiger partial charge in [0.15, 0.2) is 5.82 Å². The third-order valence-electron chi connectivity index (χ3n) is 2.84. The molecule has 1 aromatic carbocycles. The van der Waals surface area contributed by atoms with Crippen LogP contribution in [0.4, 0.5) is 0 Å². The van der Waals surface area contributed by atoms with Crippen LogP contribution in [0.5, 0.6) is 0 Å². The molecule has 0 fully saturated rings. The Kier molecular flexibility index (Phi) is 6.84. The number of nitrogens with zero attached hydrogens (tertiary/aromatic N) is 2.